The Balaban J connectivity index is 1.56. The summed E-state index contributed by atoms with van der Waals surface area (Å²) >= 11 is 0. The first-order chi connectivity index (χ1) is 15.1. The number of carbonyl (C=O) groups is 2. The Labute approximate surface area is 191 Å². The molecule has 4 aliphatic carbocycles. The van der Waals surface area contributed by atoms with Gasteiger partial charge in [-0.05, 0) is 85.2 Å². The number of aliphatic carboxylic acids is 1. The predicted octanol–water partition coefficient (Wildman–Crippen LogP) is 6.47. The van der Waals surface area contributed by atoms with E-state index in [0.29, 0.717) is 34.6 Å². The summed E-state index contributed by atoms with van der Waals surface area (Å²) in [6.07, 6.45) is 7.97. The third kappa shape index (κ3) is 3.01. The molecule has 0 amide bonds. The van der Waals surface area contributed by atoms with Gasteiger partial charge in [-0.1, -0.05) is 45.9 Å². The van der Waals surface area contributed by atoms with Gasteiger partial charge in [0.1, 0.15) is 5.76 Å². The van der Waals surface area contributed by atoms with E-state index in [1.165, 1.54) is 32.1 Å². The molecule has 3 fully saturated rings. The summed E-state index contributed by atoms with van der Waals surface area (Å²) in [6.45, 7) is 8.94. The van der Waals surface area contributed by atoms with E-state index >= 15 is 0 Å². The Morgan fingerprint density at radius 2 is 1.72 bits per heavy atom. The quantitative estimate of drug-likeness (QED) is 0.552. The molecule has 0 heterocycles. The van der Waals surface area contributed by atoms with Gasteiger partial charge < -0.3 is 9.84 Å². The number of carboxylic acids is 1. The molecule has 1 aromatic rings. The summed E-state index contributed by atoms with van der Waals surface area (Å²) in [5.74, 6) is 1.46. The van der Waals surface area contributed by atoms with Gasteiger partial charge in [0.2, 0.25) is 0 Å². The number of hydrogen-bond acceptors (Lipinski definition) is 3. The van der Waals surface area contributed by atoms with Crippen LogP contribution in [0.4, 0.5) is 0 Å². The summed E-state index contributed by atoms with van der Waals surface area (Å²) in [7, 11) is 0. The number of carboxylic acid groups (broad SMARTS) is 1. The molecule has 0 aliphatic heterocycles. The highest BCUT2D eigenvalue weighted by molar-refractivity contribution is 5.93. The third-order valence-corrected chi connectivity index (χ3v) is 10.1. The van der Waals surface area contributed by atoms with Crippen LogP contribution in [0.2, 0.25) is 0 Å². The molecule has 172 valence electrons. The van der Waals surface area contributed by atoms with Crippen LogP contribution < -0.4 is 0 Å². The van der Waals surface area contributed by atoms with E-state index in [9.17, 15) is 14.7 Å². The van der Waals surface area contributed by atoms with Crippen molar-refractivity contribution in [1.29, 1.82) is 0 Å². The molecule has 32 heavy (non-hydrogen) atoms. The second-order valence-electron chi connectivity index (χ2n) is 12.0. The summed E-state index contributed by atoms with van der Waals surface area (Å²) in [6, 6.07) is 8.90. The highest BCUT2D eigenvalue weighted by Gasteiger charge is 2.65. The molecule has 4 aliphatic rings. The van der Waals surface area contributed by atoms with Crippen molar-refractivity contribution < 1.29 is 19.4 Å². The van der Waals surface area contributed by atoms with E-state index in [0.717, 1.165) is 18.3 Å². The van der Waals surface area contributed by atoms with Crippen LogP contribution in [0.1, 0.15) is 83.0 Å². The van der Waals surface area contributed by atoms with Crippen molar-refractivity contribution >= 4 is 11.9 Å². The van der Waals surface area contributed by atoms with Crippen molar-refractivity contribution in [2.75, 3.05) is 0 Å². The molecule has 1 aromatic carbocycles. The van der Waals surface area contributed by atoms with Gasteiger partial charge >= 0.3 is 11.9 Å². The monoisotopic (exact) mass is 436 g/mol. The molecule has 5 rings (SSSR count). The zero-order valence-electron chi connectivity index (χ0n) is 19.8. The molecule has 0 unspecified atom stereocenters. The summed E-state index contributed by atoms with van der Waals surface area (Å²) < 4.78 is 5.94. The molecule has 1 N–H and O–H groups in total. The molecule has 1 spiro atoms. The van der Waals surface area contributed by atoms with Crippen LogP contribution in [0.15, 0.2) is 41.7 Å². The highest BCUT2D eigenvalue weighted by Crippen LogP contribution is 2.72. The molecule has 4 nitrogen and oxygen atoms in total. The SMILES string of the molecule is C[C@@H]1C[C@]23CC[C@H]4C(C)(C)C(C(=O)O)=C(OC(=O)c5ccccc5)C[C@]4(C)[C@H]2CC[C@@H]1C3. The van der Waals surface area contributed by atoms with Crippen LogP contribution >= 0.6 is 0 Å². The van der Waals surface area contributed by atoms with E-state index in [1.807, 2.05) is 6.07 Å². The van der Waals surface area contributed by atoms with Crippen molar-refractivity contribution in [3.05, 3.63) is 47.2 Å². The van der Waals surface area contributed by atoms with Gasteiger partial charge in [-0.3, -0.25) is 0 Å². The number of hydrogen-bond donors (Lipinski definition) is 1. The number of fused-ring (bicyclic) bond motifs is 3. The van der Waals surface area contributed by atoms with E-state index in [2.05, 4.69) is 27.7 Å². The number of esters is 1. The molecule has 0 saturated heterocycles. The van der Waals surface area contributed by atoms with Gasteiger partial charge in [-0.2, -0.15) is 0 Å². The van der Waals surface area contributed by atoms with Gasteiger partial charge in [0.25, 0.3) is 0 Å². The number of benzene rings is 1. The molecule has 6 atom stereocenters. The van der Waals surface area contributed by atoms with E-state index in [-0.39, 0.29) is 11.3 Å². The number of ether oxygens (including phenoxy) is 1. The molecule has 2 bridgehead atoms. The van der Waals surface area contributed by atoms with Gasteiger partial charge in [0.15, 0.2) is 0 Å². The average Bonchev–Trinajstić information content (AvgIpc) is 2.95. The Bertz CT molecular complexity index is 972. The number of allylic oxidation sites excluding steroid dienone is 1. The maximum atomic E-state index is 13.0. The van der Waals surface area contributed by atoms with Crippen molar-refractivity contribution in [3.8, 4) is 0 Å². The van der Waals surface area contributed by atoms with Gasteiger partial charge in [0.05, 0.1) is 11.1 Å². The first kappa shape index (κ1) is 21.7. The summed E-state index contributed by atoms with van der Waals surface area (Å²) in [4.78, 5) is 25.4. The van der Waals surface area contributed by atoms with Crippen LogP contribution in [-0.4, -0.2) is 17.0 Å². The maximum absolute atomic E-state index is 13.0. The van der Waals surface area contributed by atoms with Crippen LogP contribution in [0.5, 0.6) is 0 Å². The fraction of sp³-hybridized carbons (Fsp3) is 0.643. The van der Waals surface area contributed by atoms with E-state index < -0.39 is 17.4 Å². The lowest BCUT2D eigenvalue weighted by Crippen LogP contribution is -2.57. The van der Waals surface area contributed by atoms with Crippen LogP contribution in [0.3, 0.4) is 0 Å². The number of carbonyl (C=O) groups excluding carboxylic acids is 1. The second kappa shape index (κ2) is 7.20. The molecule has 0 aromatic heterocycles. The normalized spacial score (nSPS) is 39.8. The van der Waals surface area contributed by atoms with Gasteiger partial charge in [-0.15, -0.1) is 0 Å². The van der Waals surface area contributed by atoms with Crippen LogP contribution in [0, 0.1) is 39.9 Å². The minimum atomic E-state index is -0.952. The molecule has 4 heteroatoms. The first-order valence-electron chi connectivity index (χ1n) is 12.3. The summed E-state index contributed by atoms with van der Waals surface area (Å²) in [5, 5.41) is 10.2. The average molecular weight is 437 g/mol. The van der Waals surface area contributed by atoms with Gasteiger partial charge in [-0.25, -0.2) is 9.59 Å². The predicted molar refractivity (Wildman–Crippen MR) is 123 cm³/mol. The smallest absolute Gasteiger partial charge is 0.343 e. The second-order valence-corrected chi connectivity index (χ2v) is 12.0. The standard InChI is InChI=1S/C28H36O4/c1-17-14-28-13-12-21-26(2,3)23(24(29)30)20(32-25(31)18-8-6-5-7-9-18)16-27(21,4)22(28)11-10-19(17)15-28/h5-9,17,19,21-22H,10-16H2,1-4H3,(H,29,30)/t17-,19-,21+,22-,27+,28+/m1/s1. The zero-order chi connectivity index (χ0) is 22.9. The highest BCUT2D eigenvalue weighted by atomic mass is 16.5. The fourth-order valence-corrected chi connectivity index (χ4v) is 9.01. The van der Waals surface area contributed by atoms with Crippen LogP contribution in [0.25, 0.3) is 0 Å². The molecular weight excluding hydrogens is 400 g/mol. The maximum Gasteiger partial charge on any atom is 0.343 e. The van der Waals surface area contributed by atoms with Crippen molar-refractivity contribution in [2.24, 2.45) is 39.9 Å². The molecular formula is C28H36O4. The Morgan fingerprint density at radius 3 is 2.41 bits per heavy atom. The third-order valence-electron chi connectivity index (χ3n) is 10.1. The van der Waals surface area contributed by atoms with E-state index in [4.69, 9.17) is 4.74 Å². The number of rotatable bonds is 3. The Morgan fingerprint density at radius 1 is 1.00 bits per heavy atom. The zero-order valence-corrected chi connectivity index (χ0v) is 19.8. The minimum absolute atomic E-state index is 0.0535. The lowest BCUT2D eigenvalue weighted by Gasteiger charge is -2.63. The molecule has 3 saturated carbocycles. The Kier molecular flexibility index (Phi) is 4.89. The lowest BCUT2D eigenvalue weighted by molar-refractivity contribution is -0.144. The largest absolute Gasteiger partial charge is 0.478 e. The Hall–Kier alpha value is -2.10. The van der Waals surface area contributed by atoms with Crippen LogP contribution in [-0.2, 0) is 9.53 Å². The lowest BCUT2D eigenvalue weighted by atomic mass is 9.41. The van der Waals surface area contributed by atoms with Gasteiger partial charge in [0, 0.05) is 11.8 Å². The fourth-order valence-electron chi connectivity index (χ4n) is 9.01. The van der Waals surface area contributed by atoms with E-state index in [1.54, 1.807) is 24.3 Å². The van der Waals surface area contributed by atoms with Crippen molar-refractivity contribution in [3.63, 3.8) is 0 Å². The summed E-state index contributed by atoms with van der Waals surface area (Å²) in [5.41, 5.74) is 0.545. The van der Waals surface area contributed by atoms with Crippen molar-refractivity contribution in [2.45, 2.75) is 72.6 Å². The van der Waals surface area contributed by atoms with Crippen molar-refractivity contribution in [1.82, 2.24) is 0 Å². The molecule has 0 radical (unpaired) electrons. The topological polar surface area (TPSA) is 63.6 Å². The minimum Gasteiger partial charge on any atom is -0.478 e. The first-order valence-corrected chi connectivity index (χ1v) is 12.3.